The minimum atomic E-state index is -0.352. The van der Waals surface area contributed by atoms with E-state index in [-0.39, 0.29) is 11.9 Å². The highest BCUT2D eigenvalue weighted by Crippen LogP contribution is 2.42. The summed E-state index contributed by atoms with van der Waals surface area (Å²) in [6, 6.07) is 14.0. The quantitative estimate of drug-likeness (QED) is 0.478. The molecule has 0 N–H and O–H groups in total. The van der Waals surface area contributed by atoms with Crippen LogP contribution in [0.1, 0.15) is 43.9 Å². The smallest absolute Gasteiger partial charge is 0.171 e. The molecule has 2 atom stereocenters. The Balaban J connectivity index is 1.24. The van der Waals surface area contributed by atoms with Gasteiger partial charge >= 0.3 is 0 Å². The summed E-state index contributed by atoms with van der Waals surface area (Å²) in [5, 5.41) is 3.95. The largest absolute Gasteiger partial charge is 0.487 e. The average molecular weight is 411 g/mol. The van der Waals surface area contributed by atoms with E-state index in [1.54, 1.807) is 12.4 Å². The van der Waals surface area contributed by atoms with E-state index in [0.29, 0.717) is 12.5 Å². The van der Waals surface area contributed by atoms with Crippen LogP contribution in [0.4, 0.5) is 0 Å². The second-order valence-electron chi connectivity index (χ2n) is 8.01. The zero-order valence-electron chi connectivity index (χ0n) is 17.5. The van der Waals surface area contributed by atoms with E-state index in [0.717, 1.165) is 43.9 Å². The third kappa shape index (κ3) is 5.37. The number of hydrogen-bond donors (Lipinski definition) is 0. The van der Waals surface area contributed by atoms with Crippen LogP contribution in [0.5, 0.6) is 5.75 Å². The lowest BCUT2D eigenvalue weighted by Crippen LogP contribution is -2.42. The van der Waals surface area contributed by atoms with Gasteiger partial charge in [-0.05, 0) is 56.0 Å². The molecule has 1 aliphatic heterocycles. The van der Waals surface area contributed by atoms with Crippen molar-refractivity contribution in [1.82, 2.24) is 4.98 Å². The van der Waals surface area contributed by atoms with Crippen LogP contribution in [-0.2, 0) is 20.7 Å². The van der Waals surface area contributed by atoms with Crippen LogP contribution in [0, 0.1) is 5.92 Å². The second kappa shape index (κ2) is 10.0. The topological polar surface area (TPSA) is 62.2 Å². The van der Waals surface area contributed by atoms with E-state index >= 15 is 0 Å². The summed E-state index contributed by atoms with van der Waals surface area (Å²) in [5.74, 6) is 0.898. The lowest BCUT2D eigenvalue weighted by atomic mass is 9.79. The van der Waals surface area contributed by atoms with Crippen molar-refractivity contribution in [2.45, 2.75) is 50.9 Å². The fourth-order valence-electron chi connectivity index (χ4n) is 4.24. The maximum atomic E-state index is 6.04. The number of ether oxygens (including phenoxy) is 3. The van der Waals surface area contributed by atoms with E-state index in [1.165, 1.54) is 18.4 Å². The Kier molecular flexibility index (Phi) is 6.97. The fourth-order valence-corrected chi connectivity index (χ4v) is 4.24. The van der Waals surface area contributed by atoms with Crippen LogP contribution in [0.15, 0.2) is 53.8 Å². The number of rotatable bonds is 8. The number of pyridine rings is 1. The van der Waals surface area contributed by atoms with E-state index in [9.17, 15) is 0 Å². The van der Waals surface area contributed by atoms with Gasteiger partial charge in [0.25, 0.3) is 0 Å². The first-order chi connectivity index (χ1) is 14.7. The molecule has 0 radical (unpaired) electrons. The molecule has 2 aliphatic rings. The summed E-state index contributed by atoms with van der Waals surface area (Å²) in [6.45, 7) is 3.76. The Morgan fingerprint density at radius 3 is 2.77 bits per heavy atom. The normalized spacial score (nSPS) is 21.7. The molecule has 2 fully saturated rings. The van der Waals surface area contributed by atoms with Gasteiger partial charge in [0, 0.05) is 18.5 Å². The zero-order chi connectivity index (χ0) is 20.7. The van der Waals surface area contributed by atoms with Gasteiger partial charge in [0.2, 0.25) is 0 Å². The summed E-state index contributed by atoms with van der Waals surface area (Å²) in [6.07, 6.45) is 8.79. The molecule has 1 spiro atoms. The van der Waals surface area contributed by atoms with Gasteiger partial charge < -0.3 is 19.0 Å². The molecule has 1 saturated carbocycles. The SMILES string of the molecule is C[C@H](CO/N=C/c1ccccn1)Oc1ccc(CC2CCCCC23OCCO3)cc1. The molecule has 1 aromatic carbocycles. The molecule has 160 valence electrons. The maximum absolute atomic E-state index is 6.04. The summed E-state index contributed by atoms with van der Waals surface area (Å²) in [7, 11) is 0. The Morgan fingerprint density at radius 2 is 2.00 bits per heavy atom. The average Bonchev–Trinajstić information content (AvgIpc) is 3.24. The van der Waals surface area contributed by atoms with Crippen LogP contribution in [-0.4, -0.2) is 42.9 Å². The standard InChI is InChI=1S/C24H30N2O4/c1-19(18-29-26-17-22-7-3-5-13-25-22)30-23-10-8-20(9-11-23)16-21-6-2-4-12-24(21)27-14-15-28-24/h3,5,7-11,13,17,19,21H,2,4,6,12,14-16,18H2,1H3/b26-17+/t19-,21?/m1/s1. The van der Waals surface area contributed by atoms with Gasteiger partial charge in [-0.2, -0.15) is 0 Å². The van der Waals surface area contributed by atoms with Crippen LogP contribution in [0.25, 0.3) is 0 Å². The highest BCUT2D eigenvalue weighted by atomic mass is 16.7. The maximum Gasteiger partial charge on any atom is 0.171 e. The van der Waals surface area contributed by atoms with E-state index in [2.05, 4.69) is 22.3 Å². The highest BCUT2D eigenvalue weighted by molar-refractivity contribution is 5.76. The number of oxime groups is 1. The summed E-state index contributed by atoms with van der Waals surface area (Å²) >= 11 is 0. The molecule has 4 rings (SSSR count). The fraction of sp³-hybridized carbons (Fsp3) is 0.500. The molecule has 1 unspecified atom stereocenters. The Labute approximate surface area is 178 Å². The molecule has 0 bridgehead atoms. The van der Waals surface area contributed by atoms with Crippen molar-refractivity contribution < 1.29 is 19.0 Å². The number of benzene rings is 1. The summed E-state index contributed by atoms with van der Waals surface area (Å²) < 4.78 is 18.0. The zero-order valence-corrected chi connectivity index (χ0v) is 17.5. The number of aromatic nitrogens is 1. The van der Waals surface area contributed by atoms with Gasteiger partial charge in [0.05, 0.1) is 25.1 Å². The van der Waals surface area contributed by atoms with Crippen LogP contribution in [0.2, 0.25) is 0 Å². The molecule has 30 heavy (non-hydrogen) atoms. The predicted molar refractivity (Wildman–Crippen MR) is 115 cm³/mol. The van der Waals surface area contributed by atoms with E-state index in [4.69, 9.17) is 19.0 Å². The van der Waals surface area contributed by atoms with Crippen LogP contribution >= 0.6 is 0 Å². The Morgan fingerprint density at radius 1 is 1.17 bits per heavy atom. The van der Waals surface area contributed by atoms with E-state index in [1.807, 2.05) is 37.3 Å². The molecule has 2 heterocycles. The molecule has 0 amide bonds. The molecule has 6 heteroatoms. The van der Waals surface area contributed by atoms with Crippen molar-refractivity contribution in [3.63, 3.8) is 0 Å². The minimum Gasteiger partial charge on any atom is -0.487 e. The van der Waals surface area contributed by atoms with Gasteiger partial charge in [-0.25, -0.2) is 0 Å². The molecule has 6 nitrogen and oxygen atoms in total. The third-order valence-electron chi connectivity index (χ3n) is 5.73. The first-order valence-corrected chi connectivity index (χ1v) is 10.8. The number of hydrogen-bond acceptors (Lipinski definition) is 6. The molecular weight excluding hydrogens is 380 g/mol. The van der Waals surface area contributed by atoms with Crippen molar-refractivity contribution >= 4 is 6.21 Å². The highest BCUT2D eigenvalue weighted by Gasteiger charge is 2.45. The van der Waals surface area contributed by atoms with Gasteiger partial charge in [0.15, 0.2) is 12.4 Å². The van der Waals surface area contributed by atoms with Crippen molar-refractivity contribution in [3.05, 3.63) is 59.9 Å². The first-order valence-electron chi connectivity index (χ1n) is 10.8. The minimum absolute atomic E-state index is 0.112. The van der Waals surface area contributed by atoms with Gasteiger partial charge in [-0.3, -0.25) is 4.98 Å². The summed E-state index contributed by atoms with van der Waals surface area (Å²) in [4.78, 5) is 9.49. The number of nitrogens with zero attached hydrogens (tertiary/aromatic N) is 2. The second-order valence-corrected chi connectivity index (χ2v) is 8.01. The van der Waals surface area contributed by atoms with Gasteiger partial charge in [-0.1, -0.05) is 29.8 Å². The van der Waals surface area contributed by atoms with Crippen molar-refractivity contribution in [2.75, 3.05) is 19.8 Å². The molecule has 1 aliphatic carbocycles. The van der Waals surface area contributed by atoms with Crippen molar-refractivity contribution in [3.8, 4) is 5.75 Å². The Hall–Kier alpha value is -2.44. The van der Waals surface area contributed by atoms with Crippen molar-refractivity contribution in [1.29, 1.82) is 0 Å². The lowest BCUT2D eigenvalue weighted by molar-refractivity contribution is -0.212. The molecular formula is C24H30N2O4. The van der Waals surface area contributed by atoms with Crippen LogP contribution in [0.3, 0.4) is 0 Å². The molecule has 2 aromatic rings. The van der Waals surface area contributed by atoms with Crippen molar-refractivity contribution in [2.24, 2.45) is 11.1 Å². The molecule has 1 saturated heterocycles. The van der Waals surface area contributed by atoms with Crippen LogP contribution < -0.4 is 4.74 Å². The molecule has 1 aromatic heterocycles. The van der Waals surface area contributed by atoms with Gasteiger partial charge in [-0.15, -0.1) is 0 Å². The van der Waals surface area contributed by atoms with E-state index < -0.39 is 0 Å². The lowest BCUT2D eigenvalue weighted by Gasteiger charge is -2.39. The third-order valence-corrected chi connectivity index (χ3v) is 5.73. The Bertz CT molecular complexity index is 804. The first kappa shape index (κ1) is 20.8. The summed E-state index contributed by atoms with van der Waals surface area (Å²) in [5.41, 5.74) is 2.05. The predicted octanol–water partition coefficient (Wildman–Crippen LogP) is 4.38. The monoisotopic (exact) mass is 410 g/mol. The van der Waals surface area contributed by atoms with Gasteiger partial charge in [0.1, 0.15) is 11.9 Å².